The second-order valence-electron chi connectivity index (χ2n) is 4.51. The van der Waals surface area contributed by atoms with Crippen LogP contribution in [0.3, 0.4) is 0 Å². The molecular formula is C15H14N4O5. The van der Waals surface area contributed by atoms with Gasteiger partial charge < -0.3 is 9.84 Å². The molecule has 0 spiro atoms. The molecule has 9 heteroatoms. The van der Waals surface area contributed by atoms with Crippen molar-refractivity contribution in [3.05, 3.63) is 57.9 Å². The van der Waals surface area contributed by atoms with Crippen LogP contribution in [0.25, 0.3) is 0 Å². The Balaban J connectivity index is 2.21. The molecule has 0 bridgehead atoms. The number of nitrogens with one attached hydrogen (secondary N) is 1. The molecule has 0 aliphatic carbocycles. The van der Waals surface area contributed by atoms with Crippen LogP contribution in [0.1, 0.15) is 22.8 Å². The molecule has 0 aliphatic heterocycles. The maximum absolute atomic E-state index is 11.8. The van der Waals surface area contributed by atoms with Gasteiger partial charge in [-0.2, -0.15) is 5.10 Å². The van der Waals surface area contributed by atoms with Crippen LogP contribution >= 0.6 is 0 Å². The van der Waals surface area contributed by atoms with E-state index in [1.165, 1.54) is 24.5 Å². The molecule has 0 saturated carbocycles. The van der Waals surface area contributed by atoms with Gasteiger partial charge in [0.05, 0.1) is 23.8 Å². The highest BCUT2D eigenvalue weighted by Crippen LogP contribution is 2.33. The normalized spacial score (nSPS) is 10.5. The van der Waals surface area contributed by atoms with Gasteiger partial charge in [-0.1, -0.05) is 0 Å². The number of benzene rings is 1. The summed E-state index contributed by atoms with van der Waals surface area (Å²) in [4.78, 5) is 25.9. The molecule has 0 aliphatic rings. The van der Waals surface area contributed by atoms with Crippen molar-refractivity contribution in [3.63, 3.8) is 0 Å². The van der Waals surface area contributed by atoms with Crippen LogP contribution in [0, 0.1) is 10.1 Å². The summed E-state index contributed by atoms with van der Waals surface area (Å²) in [5.74, 6) is -0.818. The van der Waals surface area contributed by atoms with Crippen LogP contribution in [0.5, 0.6) is 11.5 Å². The van der Waals surface area contributed by atoms with Crippen LogP contribution in [0.4, 0.5) is 5.69 Å². The number of aromatic hydroxyl groups is 1. The van der Waals surface area contributed by atoms with Gasteiger partial charge in [0.15, 0.2) is 11.5 Å². The van der Waals surface area contributed by atoms with Gasteiger partial charge in [0, 0.05) is 29.6 Å². The Bertz CT molecular complexity index is 777. The van der Waals surface area contributed by atoms with Crippen molar-refractivity contribution in [2.75, 3.05) is 6.61 Å². The smallest absolute Gasteiger partial charge is 0.274 e. The Morgan fingerprint density at radius 2 is 2.17 bits per heavy atom. The minimum atomic E-state index is -0.616. The van der Waals surface area contributed by atoms with Crippen molar-refractivity contribution in [1.82, 2.24) is 10.4 Å². The van der Waals surface area contributed by atoms with Crippen molar-refractivity contribution in [2.45, 2.75) is 6.92 Å². The van der Waals surface area contributed by atoms with Gasteiger partial charge in [-0.15, -0.1) is 0 Å². The molecule has 0 atom stereocenters. The number of hydrogen-bond donors (Lipinski definition) is 2. The molecule has 1 heterocycles. The first kappa shape index (κ1) is 16.9. The Morgan fingerprint density at radius 1 is 1.46 bits per heavy atom. The second-order valence-corrected chi connectivity index (χ2v) is 4.51. The lowest BCUT2D eigenvalue weighted by atomic mass is 10.1. The fourth-order valence-corrected chi connectivity index (χ4v) is 1.81. The number of nitro groups is 1. The van der Waals surface area contributed by atoms with Gasteiger partial charge in [-0.25, -0.2) is 5.43 Å². The number of pyridine rings is 1. The quantitative estimate of drug-likeness (QED) is 0.473. The highest BCUT2D eigenvalue weighted by Gasteiger charge is 2.16. The number of phenolic OH excluding ortho intramolecular Hbond substituents is 1. The summed E-state index contributed by atoms with van der Waals surface area (Å²) in [7, 11) is 0. The van der Waals surface area contributed by atoms with Crippen LogP contribution in [-0.4, -0.2) is 33.7 Å². The number of amides is 1. The zero-order valence-electron chi connectivity index (χ0n) is 12.7. The Morgan fingerprint density at radius 3 is 2.79 bits per heavy atom. The average molecular weight is 330 g/mol. The van der Waals surface area contributed by atoms with E-state index in [-0.39, 0.29) is 29.4 Å². The Hall–Kier alpha value is -3.49. The number of hydrazone groups is 1. The van der Waals surface area contributed by atoms with E-state index in [1.54, 1.807) is 6.92 Å². The first-order valence-corrected chi connectivity index (χ1v) is 6.90. The zero-order chi connectivity index (χ0) is 17.5. The van der Waals surface area contributed by atoms with E-state index in [2.05, 4.69) is 15.5 Å². The van der Waals surface area contributed by atoms with Crippen molar-refractivity contribution in [2.24, 2.45) is 5.10 Å². The number of aromatic nitrogens is 1. The monoisotopic (exact) mass is 330 g/mol. The van der Waals surface area contributed by atoms with Gasteiger partial charge in [0.25, 0.3) is 11.6 Å². The number of carbonyl (C=O) groups is 1. The van der Waals surface area contributed by atoms with Crippen molar-refractivity contribution < 1.29 is 19.6 Å². The van der Waals surface area contributed by atoms with Gasteiger partial charge in [0.2, 0.25) is 0 Å². The number of nitro benzene ring substituents is 1. The number of nitrogens with zero attached hydrogens (tertiary/aromatic N) is 3. The summed E-state index contributed by atoms with van der Waals surface area (Å²) in [6.07, 6.45) is 4.02. The molecule has 9 nitrogen and oxygen atoms in total. The maximum atomic E-state index is 11.8. The summed E-state index contributed by atoms with van der Waals surface area (Å²) >= 11 is 0. The molecule has 0 fully saturated rings. The van der Waals surface area contributed by atoms with Gasteiger partial charge in [0.1, 0.15) is 0 Å². The lowest BCUT2D eigenvalue weighted by Gasteiger charge is -2.07. The Kier molecular flexibility index (Phi) is 5.40. The first-order valence-electron chi connectivity index (χ1n) is 6.90. The molecule has 1 amide bonds. The number of carbonyl (C=O) groups excluding carboxylic acids is 1. The minimum absolute atomic E-state index is 0.0337. The summed E-state index contributed by atoms with van der Waals surface area (Å²) in [6, 6.07) is 5.25. The van der Waals surface area contributed by atoms with Crippen molar-refractivity contribution in [3.8, 4) is 11.5 Å². The third-order valence-electron chi connectivity index (χ3n) is 2.91. The molecular weight excluding hydrogens is 316 g/mol. The highest BCUT2D eigenvalue weighted by molar-refractivity contribution is 5.95. The maximum Gasteiger partial charge on any atom is 0.274 e. The highest BCUT2D eigenvalue weighted by atomic mass is 16.6. The molecule has 2 rings (SSSR count). The summed E-state index contributed by atoms with van der Waals surface area (Å²) in [5, 5.41) is 24.7. The zero-order valence-corrected chi connectivity index (χ0v) is 12.7. The molecule has 0 radical (unpaired) electrons. The topological polar surface area (TPSA) is 127 Å². The van der Waals surface area contributed by atoms with E-state index in [4.69, 9.17) is 4.74 Å². The van der Waals surface area contributed by atoms with E-state index < -0.39 is 10.8 Å². The van der Waals surface area contributed by atoms with E-state index in [0.29, 0.717) is 5.56 Å². The Labute approximate surface area is 136 Å². The van der Waals surface area contributed by atoms with Crippen molar-refractivity contribution >= 4 is 17.8 Å². The van der Waals surface area contributed by atoms with E-state index in [1.807, 2.05) is 0 Å². The summed E-state index contributed by atoms with van der Waals surface area (Å²) in [5.41, 5.74) is 2.38. The lowest BCUT2D eigenvalue weighted by molar-refractivity contribution is -0.385. The fraction of sp³-hybridized carbons (Fsp3) is 0.133. The van der Waals surface area contributed by atoms with Crippen LogP contribution in [0.2, 0.25) is 0 Å². The standard InChI is InChI=1S/C15H14N4O5/c1-2-24-13-8-12(19(22)23)7-11(14(13)20)9-17-18-15(21)10-3-5-16-6-4-10/h3-9,20H,2H2,1H3,(H,18,21)/b17-9+. The van der Waals surface area contributed by atoms with Crippen LogP contribution in [-0.2, 0) is 0 Å². The molecule has 1 aromatic heterocycles. The molecule has 124 valence electrons. The summed E-state index contributed by atoms with van der Waals surface area (Å²) in [6.45, 7) is 1.91. The molecule has 0 saturated heterocycles. The van der Waals surface area contributed by atoms with Crippen LogP contribution < -0.4 is 10.2 Å². The number of rotatable bonds is 6. The van der Waals surface area contributed by atoms with E-state index in [9.17, 15) is 20.0 Å². The summed E-state index contributed by atoms with van der Waals surface area (Å²) < 4.78 is 5.15. The van der Waals surface area contributed by atoms with Gasteiger partial charge in [-0.3, -0.25) is 19.9 Å². The van der Waals surface area contributed by atoms with Gasteiger partial charge >= 0.3 is 0 Å². The fourth-order valence-electron chi connectivity index (χ4n) is 1.81. The molecule has 0 unspecified atom stereocenters. The van der Waals surface area contributed by atoms with Gasteiger partial charge in [-0.05, 0) is 19.1 Å². The molecule has 24 heavy (non-hydrogen) atoms. The van der Waals surface area contributed by atoms with Crippen molar-refractivity contribution in [1.29, 1.82) is 0 Å². The third-order valence-corrected chi connectivity index (χ3v) is 2.91. The number of phenols is 1. The molecule has 1 aromatic carbocycles. The molecule has 2 aromatic rings. The third kappa shape index (κ3) is 4.03. The second kappa shape index (κ2) is 7.68. The predicted molar refractivity (Wildman–Crippen MR) is 85.2 cm³/mol. The van der Waals surface area contributed by atoms with E-state index in [0.717, 1.165) is 18.3 Å². The lowest BCUT2D eigenvalue weighted by Crippen LogP contribution is -2.17. The predicted octanol–water partition coefficient (Wildman–Crippen LogP) is 1.86. The number of non-ortho nitro benzene ring substituents is 1. The van der Waals surface area contributed by atoms with Crippen LogP contribution in [0.15, 0.2) is 41.8 Å². The number of ether oxygens (including phenoxy) is 1. The first-order chi connectivity index (χ1) is 11.5. The minimum Gasteiger partial charge on any atom is -0.504 e. The molecule has 2 N–H and O–H groups in total. The van der Waals surface area contributed by atoms with E-state index >= 15 is 0 Å². The number of hydrogen-bond acceptors (Lipinski definition) is 7. The SMILES string of the molecule is CCOc1cc([N+](=O)[O-])cc(/C=N/NC(=O)c2ccncc2)c1O. The largest absolute Gasteiger partial charge is 0.504 e. The average Bonchev–Trinajstić information content (AvgIpc) is 2.58.